The van der Waals surface area contributed by atoms with E-state index in [2.05, 4.69) is 16.0 Å². The Morgan fingerprint density at radius 1 is 1.09 bits per heavy atom. The number of nitrogens with one attached hydrogen (secondary N) is 3. The standard InChI is InChI=1S/C25H30N4O5/c1-26-22(32)27-18-2-3-19-17(9-18)4-5-25(19)21(31)29(23(33)34-25)13-20(30)28-24-10-14-6-15(11-24)8-16(7-14)12-24/h2-3,9,14-16H,4-8,10-13H2,1H3,(H,28,30)(H2,26,27,32)/t14-,15+,16-,24-,25-/m1/s1. The van der Waals surface area contributed by atoms with E-state index in [4.69, 9.17) is 4.74 Å². The molecule has 0 aromatic heterocycles. The maximum Gasteiger partial charge on any atom is 0.418 e. The minimum Gasteiger partial charge on any atom is -0.427 e. The number of ether oxygens (including phenoxy) is 1. The molecule has 180 valence electrons. The highest BCUT2D eigenvalue weighted by atomic mass is 16.6. The van der Waals surface area contributed by atoms with Crippen molar-refractivity contribution in [1.82, 2.24) is 15.5 Å². The van der Waals surface area contributed by atoms with Crippen LogP contribution in [0.15, 0.2) is 18.2 Å². The quantitative estimate of drug-likeness (QED) is 0.631. The van der Waals surface area contributed by atoms with Crippen molar-refractivity contribution in [3.8, 4) is 0 Å². The summed E-state index contributed by atoms with van der Waals surface area (Å²) in [5.74, 6) is 1.29. The second-order valence-electron chi connectivity index (χ2n) is 10.9. The Kier molecular flexibility index (Phi) is 4.70. The first kappa shape index (κ1) is 21.4. The Labute approximate surface area is 198 Å². The molecule has 6 aliphatic rings. The zero-order valence-corrected chi connectivity index (χ0v) is 19.3. The lowest BCUT2D eigenvalue weighted by molar-refractivity contribution is -0.140. The molecule has 1 aromatic carbocycles. The zero-order chi connectivity index (χ0) is 23.7. The van der Waals surface area contributed by atoms with Gasteiger partial charge in [-0.15, -0.1) is 0 Å². The van der Waals surface area contributed by atoms with Gasteiger partial charge in [-0.3, -0.25) is 9.59 Å². The molecule has 7 rings (SSSR count). The maximum absolute atomic E-state index is 13.4. The molecule has 5 aliphatic carbocycles. The molecule has 1 saturated heterocycles. The molecule has 3 N–H and O–H groups in total. The molecule has 1 spiro atoms. The number of benzene rings is 1. The summed E-state index contributed by atoms with van der Waals surface area (Å²) >= 11 is 0. The van der Waals surface area contributed by atoms with Crippen LogP contribution in [0, 0.1) is 17.8 Å². The van der Waals surface area contributed by atoms with Crippen LogP contribution in [0.1, 0.15) is 56.1 Å². The van der Waals surface area contributed by atoms with Gasteiger partial charge in [0.05, 0.1) is 0 Å². The average Bonchev–Trinajstić information content (AvgIpc) is 3.24. The van der Waals surface area contributed by atoms with Gasteiger partial charge in [-0.1, -0.05) is 6.07 Å². The van der Waals surface area contributed by atoms with E-state index in [1.807, 2.05) is 0 Å². The number of hydrogen-bond acceptors (Lipinski definition) is 5. The van der Waals surface area contributed by atoms with Crippen LogP contribution in [0.25, 0.3) is 0 Å². The lowest BCUT2D eigenvalue weighted by Crippen LogP contribution is -2.61. The molecule has 5 amide bonds. The van der Waals surface area contributed by atoms with Gasteiger partial charge in [0.2, 0.25) is 11.5 Å². The number of fused-ring (bicyclic) bond motifs is 2. The van der Waals surface area contributed by atoms with E-state index in [0.717, 1.165) is 29.7 Å². The van der Waals surface area contributed by atoms with Gasteiger partial charge in [-0.2, -0.15) is 0 Å². The largest absolute Gasteiger partial charge is 0.427 e. The third kappa shape index (κ3) is 3.27. The van der Waals surface area contributed by atoms with Crippen molar-refractivity contribution in [3.63, 3.8) is 0 Å². The van der Waals surface area contributed by atoms with Gasteiger partial charge >= 0.3 is 12.1 Å². The normalized spacial score (nSPS) is 34.9. The molecule has 1 aliphatic heterocycles. The van der Waals surface area contributed by atoms with Gasteiger partial charge < -0.3 is 20.7 Å². The Morgan fingerprint density at radius 3 is 2.41 bits per heavy atom. The maximum atomic E-state index is 13.4. The molecule has 9 heteroatoms. The van der Waals surface area contributed by atoms with Gasteiger partial charge in [0.25, 0.3) is 5.91 Å². The van der Waals surface area contributed by atoms with Crippen LogP contribution in [0.2, 0.25) is 0 Å². The summed E-state index contributed by atoms with van der Waals surface area (Å²) in [5.41, 5.74) is 0.495. The number of rotatable bonds is 4. The number of nitrogens with zero attached hydrogens (tertiary/aromatic N) is 1. The summed E-state index contributed by atoms with van der Waals surface area (Å²) < 4.78 is 5.66. The van der Waals surface area contributed by atoms with Crippen LogP contribution in [0.3, 0.4) is 0 Å². The van der Waals surface area contributed by atoms with E-state index in [0.29, 0.717) is 41.8 Å². The van der Waals surface area contributed by atoms with Crippen LogP contribution < -0.4 is 16.0 Å². The molecule has 1 atom stereocenters. The molecular weight excluding hydrogens is 436 g/mol. The fraction of sp³-hybridized carbons (Fsp3) is 0.600. The van der Waals surface area contributed by atoms with Gasteiger partial charge in [-0.05, 0) is 80.4 Å². The van der Waals surface area contributed by atoms with Crippen molar-refractivity contribution in [2.75, 3.05) is 18.9 Å². The lowest BCUT2D eigenvalue weighted by atomic mass is 9.53. The van der Waals surface area contributed by atoms with Crippen molar-refractivity contribution in [2.24, 2.45) is 17.8 Å². The number of aryl methyl sites for hydroxylation is 1. The summed E-state index contributed by atoms with van der Waals surface area (Å²) in [5, 5.41) is 8.44. The topological polar surface area (TPSA) is 117 Å². The lowest BCUT2D eigenvalue weighted by Gasteiger charge is -2.56. The Bertz CT molecular complexity index is 1070. The first-order valence-electron chi connectivity index (χ1n) is 12.3. The highest BCUT2D eigenvalue weighted by molar-refractivity contribution is 6.06. The van der Waals surface area contributed by atoms with E-state index in [9.17, 15) is 19.2 Å². The molecule has 9 nitrogen and oxygen atoms in total. The van der Waals surface area contributed by atoms with Crippen molar-refractivity contribution < 1.29 is 23.9 Å². The molecule has 0 radical (unpaired) electrons. The molecule has 34 heavy (non-hydrogen) atoms. The Morgan fingerprint density at radius 2 is 1.76 bits per heavy atom. The van der Waals surface area contributed by atoms with E-state index in [1.54, 1.807) is 18.2 Å². The van der Waals surface area contributed by atoms with Crippen LogP contribution in [-0.2, 0) is 26.3 Å². The van der Waals surface area contributed by atoms with E-state index in [-0.39, 0.29) is 24.0 Å². The van der Waals surface area contributed by atoms with Gasteiger partial charge in [0, 0.05) is 30.3 Å². The van der Waals surface area contributed by atoms with Crippen molar-refractivity contribution >= 4 is 29.6 Å². The predicted octanol–water partition coefficient (Wildman–Crippen LogP) is 2.64. The Balaban J connectivity index is 1.17. The third-order valence-electron chi connectivity index (χ3n) is 8.59. The summed E-state index contributed by atoms with van der Waals surface area (Å²) in [6.45, 7) is -0.313. The number of imide groups is 1. The van der Waals surface area contributed by atoms with Gasteiger partial charge in [-0.25, -0.2) is 14.5 Å². The van der Waals surface area contributed by atoms with Gasteiger partial charge in [0.1, 0.15) is 6.54 Å². The zero-order valence-electron chi connectivity index (χ0n) is 19.3. The van der Waals surface area contributed by atoms with Crippen molar-refractivity contribution in [2.45, 2.75) is 62.5 Å². The first-order valence-corrected chi connectivity index (χ1v) is 12.3. The van der Waals surface area contributed by atoms with Crippen LogP contribution >= 0.6 is 0 Å². The van der Waals surface area contributed by atoms with Crippen LogP contribution in [0.5, 0.6) is 0 Å². The second-order valence-corrected chi connectivity index (χ2v) is 10.9. The fourth-order valence-corrected chi connectivity index (χ4v) is 7.67. The van der Waals surface area contributed by atoms with Crippen LogP contribution in [-0.4, -0.2) is 48.0 Å². The van der Waals surface area contributed by atoms with Crippen molar-refractivity contribution in [1.29, 1.82) is 0 Å². The number of carbonyl (C=O) groups is 4. The fourth-order valence-electron chi connectivity index (χ4n) is 7.67. The smallest absolute Gasteiger partial charge is 0.418 e. The molecule has 1 aromatic rings. The molecule has 0 unspecified atom stereocenters. The summed E-state index contributed by atoms with van der Waals surface area (Å²) in [6.07, 6.45) is 6.92. The first-order chi connectivity index (χ1) is 16.3. The van der Waals surface area contributed by atoms with E-state index < -0.39 is 17.6 Å². The highest BCUT2D eigenvalue weighted by Gasteiger charge is 2.59. The third-order valence-corrected chi connectivity index (χ3v) is 8.59. The highest BCUT2D eigenvalue weighted by Crippen LogP contribution is 2.55. The number of urea groups is 1. The number of hydrogen-bond donors (Lipinski definition) is 3. The summed E-state index contributed by atoms with van der Waals surface area (Å²) in [7, 11) is 1.53. The van der Waals surface area contributed by atoms with Crippen molar-refractivity contribution in [3.05, 3.63) is 29.3 Å². The molecule has 4 bridgehead atoms. The van der Waals surface area contributed by atoms with E-state index in [1.165, 1.54) is 26.3 Å². The molecular formula is C25H30N4O5. The minimum atomic E-state index is -1.39. The number of anilines is 1. The summed E-state index contributed by atoms with van der Waals surface area (Å²) in [6, 6.07) is 4.86. The molecule has 5 fully saturated rings. The SMILES string of the molecule is CNC(=O)Nc1ccc2c(c1)CC[C@@]21OC(=O)N(CC(=O)N[C@]23C[C@H]4C[C@H](C[C@H](C4)C2)C3)C1=O. The van der Waals surface area contributed by atoms with Crippen LogP contribution in [0.4, 0.5) is 15.3 Å². The number of carbonyl (C=O) groups excluding carboxylic acids is 4. The molecule has 4 saturated carbocycles. The summed E-state index contributed by atoms with van der Waals surface area (Å²) in [4.78, 5) is 51.8. The monoisotopic (exact) mass is 466 g/mol. The average molecular weight is 467 g/mol. The second kappa shape index (κ2) is 7.45. The van der Waals surface area contributed by atoms with E-state index >= 15 is 0 Å². The predicted molar refractivity (Wildman–Crippen MR) is 122 cm³/mol. The Hall–Kier alpha value is -3.10. The van der Waals surface area contributed by atoms with Gasteiger partial charge in [0.15, 0.2) is 0 Å². The minimum absolute atomic E-state index is 0.176. The number of amides is 5. The molecule has 1 heterocycles.